The monoisotopic (exact) mass is 522 g/mol. The van der Waals surface area contributed by atoms with E-state index in [9.17, 15) is 27.2 Å². The molecule has 10 heteroatoms. The maximum atomic E-state index is 13.9. The van der Waals surface area contributed by atoms with E-state index in [0.29, 0.717) is 11.3 Å². The SMILES string of the molecule is CC1(C)C(=O)N(c2ncccn2)C2=CC=CC(c3ccc(C(F)(F)F)c(C(=O)Nc4ccc(F)cc4)c3)C21. The van der Waals surface area contributed by atoms with Gasteiger partial charge in [-0.05, 0) is 54.1 Å². The fourth-order valence-electron chi connectivity index (χ4n) is 5.10. The molecule has 1 saturated heterocycles. The third-order valence-corrected chi connectivity index (χ3v) is 6.89. The van der Waals surface area contributed by atoms with Crippen LogP contribution in [0.3, 0.4) is 0 Å². The number of hydrogen-bond acceptors (Lipinski definition) is 4. The van der Waals surface area contributed by atoms with Gasteiger partial charge in [-0.2, -0.15) is 13.2 Å². The van der Waals surface area contributed by atoms with Crippen LogP contribution in [0.1, 0.15) is 41.3 Å². The first-order valence-electron chi connectivity index (χ1n) is 11.8. The van der Waals surface area contributed by atoms with E-state index < -0.39 is 46.3 Å². The van der Waals surface area contributed by atoms with Gasteiger partial charge in [0.25, 0.3) is 5.91 Å². The second-order valence-electron chi connectivity index (χ2n) is 9.65. The molecular weight excluding hydrogens is 500 g/mol. The number of nitrogens with one attached hydrogen (secondary N) is 1. The molecule has 2 amide bonds. The van der Waals surface area contributed by atoms with Crippen molar-refractivity contribution in [3.8, 4) is 0 Å². The topological polar surface area (TPSA) is 75.2 Å². The number of hydrogen-bond donors (Lipinski definition) is 1. The number of rotatable bonds is 4. The fraction of sp³-hybridized carbons (Fsp3) is 0.214. The van der Waals surface area contributed by atoms with Crippen molar-refractivity contribution in [2.75, 3.05) is 10.2 Å². The molecule has 2 unspecified atom stereocenters. The summed E-state index contributed by atoms with van der Waals surface area (Å²) in [5, 5.41) is 2.41. The van der Waals surface area contributed by atoms with Gasteiger partial charge in [-0.1, -0.05) is 32.1 Å². The average molecular weight is 523 g/mol. The zero-order valence-electron chi connectivity index (χ0n) is 20.3. The van der Waals surface area contributed by atoms with E-state index in [2.05, 4.69) is 15.3 Å². The van der Waals surface area contributed by atoms with Crippen molar-refractivity contribution in [1.29, 1.82) is 0 Å². The van der Waals surface area contributed by atoms with E-state index in [0.717, 1.165) is 18.2 Å². The zero-order chi connectivity index (χ0) is 27.2. The van der Waals surface area contributed by atoms with Gasteiger partial charge >= 0.3 is 6.18 Å². The first kappa shape index (κ1) is 25.3. The molecule has 38 heavy (non-hydrogen) atoms. The highest BCUT2D eigenvalue weighted by Crippen LogP contribution is 2.53. The maximum Gasteiger partial charge on any atom is 0.417 e. The predicted octanol–water partition coefficient (Wildman–Crippen LogP) is 6.11. The van der Waals surface area contributed by atoms with E-state index in [1.165, 1.54) is 41.6 Å². The lowest BCUT2D eigenvalue weighted by atomic mass is 9.68. The Labute approximate surface area is 215 Å². The molecule has 1 aromatic heterocycles. The molecule has 1 fully saturated rings. The Morgan fingerprint density at radius 3 is 2.39 bits per heavy atom. The van der Waals surface area contributed by atoms with Crippen molar-refractivity contribution in [3.05, 3.63) is 107 Å². The Hall–Kier alpha value is -4.34. The van der Waals surface area contributed by atoms with Crippen molar-refractivity contribution < 1.29 is 27.2 Å². The minimum atomic E-state index is -4.79. The summed E-state index contributed by atoms with van der Waals surface area (Å²) in [4.78, 5) is 36.4. The summed E-state index contributed by atoms with van der Waals surface area (Å²) in [5.74, 6) is -2.52. The number of carbonyl (C=O) groups is 2. The van der Waals surface area contributed by atoms with Crippen LogP contribution >= 0.6 is 0 Å². The maximum absolute atomic E-state index is 13.9. The van der Waals surface area contributed by atoms with Gasteiger partial charge in [0.05, 0.1) is 16.5 Å². The molecular formula is C28H22F4N4O2. The first-order valence-corrected chi connectivity index (χ1v) is 11.8. The summed E-state index contributed by atoms with van der Waals surface area (Å²) in [6.45, 7) is 3.55. The Kier molecular flexibility index (Phi) is 6.13. The van der Waals surface area contributed by atoms with E-state index in [4.69, 9.17) is 0 Å². The summed E-state index contributed by atoms with van der Waals surface area (Å²) >= 11 is 0. The van der Waals surface area contributed by atoms with Crippen LogP contribution in [0.2, 0.25) is 0 Å². The number of allylic oxidation sites excluding steroid dienone is 4. The standard InChI is InChI=1S/C28H22F4N4O2/c1-27(2)23-19(5-3-6-22(23)36(25(27)38)26-33-13-4-14-34-26)16-7-12-21(28(30,31)32)20(15-16)24(37)35-18-10-8-17(29)9-11-18/h3-15,19,23H,1-2H3,(H,35,37). The molecule has 2 aromatic carbocycles. The highest BCUT2D eigenvalue weighted by molar-refractivity contribution is 6.06. The Balaban J connectivity index is 1.55. The van der Waals surface area contributed by atoms with Gasteiger partial charge in [0.15, 0.2) is 0 Å². The van der Waals surface area contributed by atoms with Gasteiger partial charge in [-0.15, -0.1) is 0 Å². The minimum Gasteiger partial charge on any atom is -0.322 e. The fourth-order valence-corrected chi connectivity index (χ4v) is 5.10. The minimum absolute atomic E-state index is 0.152. The van der Waals surface area contributed by atoms with Gasteiger partial charge in [-0.25, -0.2) is 14.4 Å². The van der Waals surface area contributed by atoms with Crippen molar-refractivity contribution in [2.45, 2.75) is 25.9 Å². The van der Waals surface area contributed by atoms with Crippen molar-refractivity contribution >= 4 is 23.5 Å². The highest BCUT2D eigenvalue weighted by atomic mass is 19.4. The third kappa shape index (κ3) is 4.36. The van der Waals surface area contributed by atoms with Crippen LogP contribution in [0.25, 0.3) is 0 Å². The molecule has 0 saturated carbocycles. The number of aromatic nitrogens is 2. The van der Waals surface area contributed by atoms with Crippen molar-refractivity contribution in [3.63, 3.8) is 0 Å². The summed E-state index contributed by atoms with van der Waals surface area (Å²) in [6.07, 6.45) is 3.57. The molecule has 1 aliphatic carbocycles. The summed E-state index contributed by atoms with van der Waals surface area (Å²) in [7, 11) is 0. The second kappa shape index (κ2) is 9.20. The van der Waals surface area contributed by atoms with Crippen molar-refractivity contribution in [1.82, 2.24) is 9.97 Å². The van der Waals surface area contributed by atoms with E-state index >= 15 is 0 Å². The molecule has 0 spiro atoms. The Morgan fingerprint density at radius 2 is 1.74 bits per heavy atom. The number of carbonyl (C=O) groups excluding carboxylic acids is 2. The molecule has 1 aliphatic heterocycles. The van der Waals surface area contributed by atoms with Gasteiger partial charge in [0.1, 0.15) is 5.82 Å². The number of fused-ring (bicyclic) bond motifs is 1. The molecule has 6 nitrogen and oxygen atoms in total. The number of anilines is 2. The molecule has 2 heterocycles. The molecule has 5 rings (SSSR count). The molecule has 0 bridgehead atoms. The van der Waals surface area contributed by atoms with Gasteiger partial charge in [0.2, 0.25) is 11.9 Å². The lowest BCUT2D eigenvalue weighted by Crippen LogP contribution is -2.33. The lowest BCUT2D eigenvalue weighted by molar-refractivity contribution is -0.137. The summed E-state index contributed by atoms with van der Waals surface area (Å²) < 4.78 is 54.9. The summed E-state index contributed by atoms with van der Waals surface area (Å²) in [5.41, 5.74) is -1.41. The quantitative estimate of drug-likeness (QED) is 0.420. The molecule has 1 N–H and O–H groups in total. The largest absolute Gasteiger partial charge is 0.417 e. The van der Waals surface area contributed by atoms with Crippen LogP contribution in [-0.2, 0) is 11.0 Å². The first-order chi connectivity index (χ1) is 18.0. The molecule has 2 atom stereocenters. The number of nitrogens with zero attached hydrogens (tertiary/aromatic N) is 3. The predicted molar refractivity (Wildman–Crippen MR) is 133 cm³/mol. The van der Waals surface area contributed by atoms with Crippen LogP contribution in [0.15, 0.2) is 84.8 Å². The molecule has 3 aromatic rings. The zero-order valence-corrected chi connectivity index (χ0v) is 20.3. The van der Waals surface area contributed by atoms with Gasteiger partial charge in [-0.3, -0.25) is 14.5 Å². The van der Waals surface area contributed by atoms with Crippen molar-refractivity contribution in [2.24, 2.45) is 11.3 Å². The van der Waals surface area contributed by atoms with Crippen LogP contribution in [0.4, 0.5) is 29.2 Å². The number of alkyl halides is 3. The number of halogens is 4. The molecule has 2 aliphatic rings. The lowest BCUT2D eigenvalue weighted by Gasteiger charge is -2.32. The van der Waals surface area contributed by atoms with E-state index in [1.807, 2.05) is 6.08 Å². The molecule has 0 radical (unpaired) electrons. The Morgan fingerprint density at radius 1 is 1.05 bits per heavy atom. The van der Waals surface area contributed by atoms with Crippen LogP contribution < -0.4 is 10.2 Å². The highest BCUT2D eigenvalue weighted by Gasteiger charge is 2.55. The molecule has 194 valence electrons. The third-order valence-electron chi connectivity index (χ3n) is 6.89. The van der Waals surface area contributed by atoms with Gasteiger partial charge in [0, 0.05) is 35.6 Å². The van der Waals surface area contributed by atoms with Crippen LogP contribution in [-0.4, -0.2) is 21.8 Å². The average Bonchev–Trinajstić information content (AvgIpc) is 3.10. The van der Waals surface area contributed by atoms with Crippen LogP contribution in [0, 0.1) is 17.2 Å². The van der Waals surface area contributed by atoms with Crippen LogP contribution in [0.5, 0.6) is 0 Å². The number of amides is 2. The number of benzene rings is 2. The van der Waals surface area contributed by atoms with Gasteiger partial charge < -0.3 is 5.32 Å². The smallest absolute Gasteiger partial charge is 0.322 e. The normalized spacial score (nSPS) is 20.2. The van der Waals surface area contributed by atoms with E-state index in [-0.39, 0.29) is 17.5 Å². The Bertz CT molecular complexity index is 1460. The van der Waals surface area contributed by atoms with E-state index in [1.54, 1.807) is 32.1 Å². The second-order valence-corrected chi connectivity index (χ2v) is 9.65. The summed E-state index contributed by atoms with van der Waals surface area (Å²) in [6, 6.07) is 9.77.